The van der Waals surface area contributed by atoms with E-state index >= 15 is 0 Å². The summed E-state index contributed by atoms with van der Waals surface area (Å²) in [6.45, 7) is 3.35. The summed E-state index contributed by atoms with van der Waals surface area (Å²) >= 11 is 0. The first-order valence-electron chi connectivity index (χ1n) is 8.75. The van der Waals surface area contributed by atoms with Crippen molar-refractivity contribution in [2.24, 2.45) is 0 Å². The molecule has 0 bridgehead atoms. The van der Waals surface area contributed by atoms with Crippen LogP contribution in [0.5, 0.6) is 0 Å². The van der Waals surface area contributed by atoms with Gasteiger partial charge in [-0.05, 0) is 30.5 Å². The largest absolute Gasteiger partial charge is 0.380 e. The molecule has 0 spiro atoms. The zero-order valence-electron chi connectivity index (χ0n) is 13.9. The fraction of sp³-hybridized carbons (Fsp3) is 0.286. The van der Waals surface area contributed by atoms with Gasteiger partial charge in [0.2, 0.25) is 0 Å². The number of piperidine rings is 1. The van der Waals surface area contributed by atoms with Crippen molar-refractivity contribution in [1.29, 1.82) is 0 Å². The molecule has 1 aliphatic heterocycles. The summed E-state index contributed by atoms with van der Waals surface area (Å²) in [6, 6.07) is 21.8. The Morgan fingerprint density at radius 2 is 1.71 bits per heavy atom. The zero-order chi connectivity index (χ0) is 16.2. The first-order valence-corrected chi connectivity index (χ1v) is 8.75. The van der Waals surface area contributed by atoms with Gasteiger partial charge in [0, 0.05) is 37.3 Å². The van der Waals surface area contributed by atoms with E-state index in [0.717, 1.165) is 30.8 Å². The number of para-hydroxylation sites is 1. The maximum Gasteiger partial charge on any atom is 0.0933 e. The van der Waals surface area contributed by atoms with Crippen LogP contribution in [-0.4, -0.2) is 29.0 Å². The minimum atomic E-state index is 0.532. The van der Waals surface area contributed by atoms with Gasteiger partial charge in [0.15, 0.2) is 0 Å². The van der Waals surface area contributed by atoms with Crippen LogP contribution in [0, 0.1) is 0 Å². The second-order valence-electron chi connectivity index (χ2n) is 6.56. The Morgan fingerprint density at radius 3 is 2.54 bits per heavy atom. The predicted octanol–water partition coefficient (Wildman–Crippen LogP) is 4.31. The SMILES string of the molecule is c1ccc(CN2CCC(Nc3cccc4cccnc34)CC2)cc1. The van der Waals surface area contributed by atoms with Crippen LogP contribution in [0.2, 0.25) is 0 Å². The standard InChI is InChI=1S/C21H23N3/c1-2-6-17(7-3-1)16-24-14-11-19(12-15-24)23-20-10-4-8-18-9-5-13-22-21(18)20/h1-10,13,19,23H,11-12,14-16H2. The number of rotatable bonds is 4. The topological polar surface area (TPSA) is 28.2 Å². The Labute approximate surface area is 143 Å². The number of hydrogen-bond donors (Lipinski definition) is 1. The lowest BCUT2D eigenvalue weighted by molar-refractivity contribution is 0.211. The van der Waals surface area contributed by atoms with Gasteiger partial charge in [-0.2, -0.15) is 0 Å². The second kappa shape index (κ2) is 7.02. The van der Waals surface area contributed by atoms with Crippen LogP contribution >= 0.6 is 0 Å². The first-order chi connectivity index (χ1) is 11.9. The molecule has 1 fully saturated rings. The van der Waals surface area contributed by atoms with Crippen molar-refractivity contribution < 1.29 is 0 Å². The van der Waals surface area contributed by atoms with E-state index in [1.54, 1.807) is 0 Å². The number of likely N-dealkylation sites (tertiary alicyclic amines) is 1. The predicted molar refractivity (Wildman–Crippen MR) is 100 cm³/mol. The summed E-state index contributed by atoms with van der Waals surface area (Å²) in [5, 5.41) is 4.92. The van der Waals surface area contributed by atoms with E-state index in [0.29, 0.717) is 6.04 Å². The monoisotopic (exact) mass is 317 g/mol. The van der Waals surface area contributed by atoms with Crippen LogP contribution in [0.1, 0.15) is 18.4 Å². The van der Waals surface area contributed by atoms with Crippen molar-refractivity contribution in [3.05, 3.63) is 72.4 Å². The normalized spacial score (nSPS) is 16.3. The van der Waals surface area contributed by atoms with Crippen molar-refractivity contribution >= 4 is 16.6 Å². The second-order valence-corrected chi connectivity index (χ2v) is 6.56. The fourth-order valence-electron chi connectivity index (χ4n) is 3.52. The average molecular weight is 317 g/mol. The highest BCUT2D eigenvalue weighted by atomic mass is 15.1. The molecule has 0 radical (unpaired) electrons. The van der Waals surface area contributed by atoms with Gasteiger partial charge in [-0.1, -0.05) is 48.5 Å². The highest BCUT2D eigenvalue weighted by molar-refractivity contribution is 5.90. The number of hydrogen-bond acceptors (Lipinski definition) is 3. The molecule has 1 aliphatic rings. The van der Waals surface area contributed by atoms with Crippen molar-refractivity contribution in [1.82, 2.24) is 9.88 Å². The number of fused-ring (bicyclic) bond motifs is 1. The average Bonchev–Trinajstić information content (AvgIpc) is 2.65. The maximum absolute atomic E-state index is 4.54. The summed E-state index contributed by atoms with van der Waals surface area (Å²) in [6.07, 6.45) is 4.22. The minimum Gasteiger partial charge on any atom is -0.380 e. The van der Waals surface area contributed by atoms with E-state index in [2.05, 4.69) is 69.8 Å². The molecular weight excluding hydrogens is 294 g/mol. The van der Waals surface area contributed by atoms with E-state index in [1.807, 2.05) is 12.3 Å². The van der Waals surface area contributed by atoms with E-state index < -0.39 is 0 Å². The third-order valence-corrected chi connectivity index (χ3v) is 4.83. The Kier molecular flexibility index (Phi) is 4.43. The molecule has 2 aromatic carbocycles. The van der Waals surface area contributed by atoms with Gasteiger partial charge in [-0.15, -0.1) is 0 Å². The number of aromatic nitrogens is 1. The summed E-state index contributed by atoms with van der Waals surface area (Å²) in [4.78, 5) is 7.09. The van der Waals surface area contributed by atoms with E-state index in [-0.39, 0.29) is 0 Å². The van der Waals surface area contributed by atoms with Gasteiger partial charge in [0.05, 0.1) is 11.2 Å². The van der Waals surface area contributed by atoms with Crippen molar-refractivity contribution in [3.63, 3.8) is 0 Å². The lowest BCUT2D eigenvalue weighted by Gasteiger charge is -2.33. The van der Waals surface area contributed by atoms with Crippen LogP contribution in [0.3, 0.4) is 0 Å². The Hall–Kier alpha value is -2.39. The third kappa shape index (κ3) is 3.41. The number of pyridine rings is 1. The van der Waals surface area contributed by atoms with Gasteiger partial charge in [0.25, 0.3) is 0 Å². The van der Waals surface area contributed by atoms with Crippen LogP contribution in [0.4, 0.5) is 5.69 Å². The highest BCUT2D eigenvalue weighted by Gasteiger charge is 2.19. The van der Waals surface area contributed by atoms with Crippen molar-refractivity contribution in [2.75, 3.05) is 18.4 Å². The maximum atomic E-state index is 4.54. The lowest BCUT2D eigenvalue weighted by Crippen LogP contribution is -2.38. The molecule has 0 unspecified atom stereocenters. The van der Waals surface area contributed by atoms with Gasteiger partial charge >= 0.3 is 0 Å². The molecule has 24 heavy (non-hydrogen) atoms. The molecule has 1 N–H and O–H groups in total. The van der Waals surface area contributed by atoms with Crippen molar-refractivity contribution in [3.8, 4) is 0 Å². The molecule has 1 saturated heterocycles. The van der Waals surface area contributed by atoms with Crippen LogP contribution in [0.25, 0.3) is 10.9 Å². The summed E-state index contributed by atoms with van der Waals surface area (Å²) < 4.78 is 0. The lowest BCUT2D eigenvalue weighted by atomic mass is 10.0. The quantitative estimate of drug-likeness (QED) is 0.777. The number of nitrogens with one attached hydrogen (secondary N) is 1. The van der Waals surface area contributed by atoms with E-state index in [9.17, 15) is 0 Å². The van der Waals surface area contributed by atoms with Crippen molar-refractivity contribution in [2.45, 2.75) is 25.4 Å². The van der Waals surface area contributed by atoms with Gasteiger partial charge in [-0.3, -0.25) is 9.88 Å². The smallest absolute Gasteiger partial charge is 0.0933 e. The molecule has 3 aromatic rings. The zero-order valence-corrected chi connectivity index (χ0v) is 13.9. The van der Waals surface area contributed by atoms with E-state index in [4.69, 9.17) is 0 Å². The van der Waals surface area contributed by atoms with Crippen LogP contribution < -0.4 is 5.32 Å². The molecule has 0 saturated carbocycles. The molecule has 3 heteroatoms. The Morgan fingerprint density at radius 1 is 0.917 bits per heavy atom. The van der Waals surface area contributed by atoms with Gasteiger partial charge < -0.3 is 5.32 Å². The molecule has 4 rings (SSSR count). The van der Waals surface area contributed by atoms with Crippen LogP contribution in [0.15, 0.2) is 66.9 Å². The van der Waals surface area contributed by atoms with E-state index in [1.165, 1.54) is 23.8 Å². The van der Waals surface area contributed by atoms with Gasteiger partial charge in [-0.25, -0.2) is 0 Å². The summed E-state index contributed by atoms with van der Waals surface area (Å²) in [7, 11) is 0. The fourth-order valence-corrected chi connectivity index (χ4v) is 3.52. The Bertz CT molecular complexity index is 787. The first kappa shape index (κ1) is 15.2. The molecule has 122 valence electrons. The molecule has 0 amide bonds. The molecule has 0 aliphatic carbocycles. The summed E-state index contributed by atoms with van der Waals surface area (Å²) in [5.41, 5.74) is 3.64. The third-order valence-electron chi connectivity index (χ3n) is 4.83. The number of nitrogens with zero attached hydrogens (tertiary/aromatic N) is 2. The summed E-state index contributed by atoms with van der Waals surface area (Å²) in [5.74, 6) is 0. The number of benzene rings is 2. The van der Waals surface area contributed by atoms with Crippen LogP contribution in [-0.2, 0) is 6.54 Å². The highest BCUT2D eigenvalue weighted by Crippen LogP contribution is 2.24. The number of anilines is 1. The molecule has 3 nitrogen and oxygen atoms in total. The van der Waals surface area contributed by atoms with Gasteiger partial charge in [0.1, 0.15) is 0 Å². The molecule has 0 atom stereocenters. The Balaban J connectivity index is 1.38. The molecule has 1 aromatic heterocycles. The minimum absolute atomic E-state index is 0.532. The molecule has 2 heterocycles. The molecular formula is C21H23N3.